The summed E-state index contributed by atoms with van der Waals surface area (Å²) in [6.07, 6.45) is 0.664. The Hall–Kier alpha value is -3.92. The number of aromatic nitrogens is 4. The van der Waals surface area contributed by atoms with E-state index in [0.29, 0.717) is 37.0 Å². The molecule has 2 aromatic carbocycles. The second-order valence-corrected chi connectivity index (χ2v) is 8.45. The van der Waals surface area contributed by atoms with E-state index in [0.717, 1.165) is 16.0 Å². The van der Waals surface area contributed by atoms with Crippen LogP contribution < -0.4 is 21.3 Å². The molecular weight excluding hydrogens is 450 g/mol. The van der Waals surface area contributed by atoms with E-state index in [1.165, 1.54) is 8.97 Å². The van der Waals surface area contributed by atoms with E-state index < -0.39 is 5.69 Å². The summed E-state index contributed by atoms with van der Waals surface area (Å²) in [5, 5.41) is 7.58. The third-order valence-corrected chi connectivity index (χ3v) is 5.60. The van der Waals surface area contributed by atoms with Gasteiger partial charge in [0.15, 0.2) is 0 Å². The minimum Gasteiger partial charge on any atom is -0.497 e. The molecule has 0 bridgehead atoms. The first kappa shape index (κ1) is 24.2. The fraction of sp³-hybridized carbons (Fsp3) is 0.360. The number of hydrogen-bond donors (Lipinski definition) is 1. The third kappa shape index (κ3) is 5.27. The normalized spacial score (nSPS) is 11.4. The van der Waals surface area contributed by atoms with Crippen LogP contribution in [0, 0.1) is 0 Å². The highest BCUT2D eigenvalue weighted by atomic mass is 16.5. The molecule has 0 aliphatic rings. The lowest BCUT2D eigenvalue weighted by molar-refractivity contribution is -0.122. The molecule has 0 atom stereocenters. The number of methoxy groups -OCH3 is 1. The topological polar surface area (TPSA) is 109 Å². The van der Waals surface area contributed by atoms with Gasteiger partial charge in [0.2, 0.25) is 11.7 Å². The highest BCUT2D eigenvalue weighted by molar-refractivity contribution is 5.80. The number of aryl methyl sites for hydroxylation is 1. The van der Waals surface area contributed by atoms with Crippen molar-refractivity contribution in [1.29, 1.82) is 0 Å². The van der Waals surface area contributed by atoms with Gasteiger partial charge in [-0.3, -0.25) is 14.2 Å². The summed E-state index contributed by atoms with van der Waals surface area (Å²) >= 11 is 0. The fourth-order valence-electron chi connectivity index (χ4n) is 3.85. The molecule has 0 spiro atoms. The lowest BCUT2D eigenvalue weighted by Gasteiger charge is -2.11. The smallest absolute Gasteiger partial charge is 0.352 e. The summed E-state index contributed by atoms with van der Waals surface area (Å²) in [6, 6.07) is 14.2. The number of benzene rings is 2. The summed E-state index contributed by atoms with van der Waals surface area (Å²) in [5.74, 6) is 0.562. The molecule has 4 rings (SSSR count). The Labute approximate surface area is 201 Å². The van der Waals surface area contributed by atoms with E-state index >= 15 is 0 Å². The van der Waals surface area contributed by atoms with Crippen LogP contribution in [0.25, 0.3) is 16.7 Å². The van der Waals surface area contributed by atoms with Crippen LogP contribution in [-0.2, 0) is 29.2 Å². The fourth-order valence-corrected chi connectivity index (χ4v) is 3.85. The van der Waals surface area contributed by atoms with Gasteiger partial charge in [0, 0.05) is 19.7 Å². The lowest BCUT2D eigenvalue weighted by atomic mass is 10.2. The average molecular weight is 480 g/mol. The van der Waals surface area contributed by atoms with Gasteiger partial charge in [-0.15, -0.1) is 5.10 Å². The van der Waals surface area contributed by atoms with Gasteiger partial charge in [0.25, 0.3) is 5.56 Å². The van der Waals surface area contributed by atoms with Crippen molar-refractivity contribution < 1.29 is 14.3 Å². The Balaban J connectivity index is 1.61. The van der Waals surface area contributed by atoms with Crippen LogP contribution in [0.2, 0.25) is 0 Å². The van der Waals surface area contributed by atoms with Crippen LogP contribution in [0.4, 0.5) is 0 Å². The van der Waals surface area contributed by atoms with Crippen molar-refractivity contribution in [1.82, 2.24) is 24.1 Å². The molecule has 2 aromatic heterocycles. The number of fused-ring (bicyclic) bond motifs is 3. The van der Waals surface area contributed by atoms with E-state index in [4.69, 9.17) is 9.47 Å². The van der Waals surface area contributed by atoms with Gasteiger partial charge in [0.05, 0.1) is 24.1 Å². The number of rotatable bonds is 10. The van der Waals surface area contributed by atoms with Crippen molar-refractivity contribution in [2.45, 2.75) is 46.0 Å². The Morgan fingerprint density at radius 3 is 2.54 bits per heavy atom. The van der Waals surface area contributed by atoms with Gasteiger partial charge < -0.3 is 14.8 Å². The molecule has 0 saturated heterocycles. The minimum absolute atomic E-state index is 0.0848. The van der Waals surface area contributed by atoms with Crippen LogP contribution in [0.3, 0.4) is 0 Å². The predicted octanol–water partition coefficient (Wildman–Crippen LogP) is 1.95. The van der Waals surface area contributed by atoms with Crippen molar-refractivity contribution in [2.75, 3.05) is 13.7 Å². The molecule has 10 heteroatoms. The standard InChI is InChI=1S/C25H29N5O5/c1-17(2)35-14-6-13-28-23(32)20-7-4-5-8-21(20)30-24(28)27-29(25(30)33)16-22(31)26-15-18-9-11-19(34-3)12-10-18/h4-5,7-12,17H,6,13-16H2,1-3H3,(H,26,31). The number of carbonyl (C=O) groups excluding carboxylic acids is 1. The number of amides is 1. The zero-order valence-electron chi connectivity index (χ0n) is 20.1. The molecule has 0 radical (unpaired) electrons. The Morgan fingerprint density at radius 2 is 1.83 bits per heavy atom. The predicted molar refractivity (Wildman–Crippen MR) is 132 cm³/mol. The molecule has 0 aliphatic carbocycles. The lowest BCUT2D eigenvalue weighted by Crippen LogP contribution is -2.32. The quantitative estimate of drug-likeness (QED) is 0.348. The van der Waals surface area contributed by atoms with Crippen molar-refractivity contribution in [2.24, 2.45) is 0 Å². The second-order valence-electron chi connectivity index (χ2n) is 8.45. The van der Waals surface area contributed by atoms with E-state index in [2.05, 4.69) is 10.4 Å². The number of carbonyl (C=O) groups is 1. The summed E-state index contributed by atoms with van der Waals surface area (Å²) in [5.41, 5.74) is 0.628. The summed E-state index contributed by atoms with van der Waals surface area (Å²) in [4.78, 5) is 39.0. The molecule has 0 saturated carbocycles. The van der Waals surface area contributed by atoms with Gasteiger partial charge >= 0.3 is 5.69 Å². The first-order chi connectivity index (χ1) is 16.9. The number of nitrogens with zero attached hydrogens (tertiary/aromatic N) is 4. The second kappa shape index (κ2) is 10.6. The monoisotopic (exact) mass is 479 g/mol. The third-order valence-electron chi connectivity index (χ3n) is 5.60. The van der Waals surface area contributed by atoms with Crippen LogP contribution in [0.15, 0.2) is 58.1 Å². The van der Waals surface area contributed by atoms with Gasteiger partial charge in [-0.25, -0.2) is 13.9 Å². The highest BCUT2D eigenvalue weighted by Gasteiger charge is 2.18. The minimum atomic E-state index is -0.483. The van der Waals surface area contributed by atoms with E-state index in [1.807, 2.05) is 38.1 Å². The van der Waals surface area contributed by atoms with Crippen molar-refractivity contribution in [3.63, 3.8) is 0 Å². The molecule has 2 heterocycles. The van der Waals surface area contributed by atoms with Gasteiger partial charge in [-0.05, 0) is 50.1 Å². The average Bonchev–Trinajstić information content (AvgIpc) is 3.18. The van der Waals surface area contributed by atoms with Crippen molar-refractivity contribution in [3.8, 4) is 5.75 Å². The van der Waals surface area contributed by atoms with E-state index in [1.54, 1.807) is 31.4 Å². The zero-order valence-corrected chi connectivity index (χ0v) is 20.1. The first-order valence-corrected chi connectivity index (χ1v) is 11.5. The summed E-state index contributed by atoms with van der Waals surface area (Å²) in [7, 11) is 1.59. The first-order valence-electron chi connectivity index (χ1n) is 11.5. The molecular formula is C25H29N5O5. The van der Waals surface area contributed by atoms with Crippen LogP contribution >= 0.6 is 0 Å². The van der Waals surface area contributed by atoms with Crippen LogP contribution in [0.1, 0.15) is 25.8 Å². The molecule has 1 N–H and O–H groups in total. The molecule has 1 amide bonds. The van der Waals surface area contributed by atoms with Gasteiger partial charge in [-0.2, -0.15) is 0 Å². The van der Waals surface area contributed by atoms with Crippen LogP contribution in [-0.4, -0.2) is 44.5 Å². The molecule has 0 unspecified atom stereocenters. The molecule has 35 heavy (non-hydrogen) atoms. The molecule has 184 valence electrons. The van der Waals surface area contributed by atoms with Crippen molar-refractivity contribution >= 4 is 22.6 Å². The van der Waals surface area contributed by atoms with Crippen LogP contribution in [0.5, 0.6) is 5.75 Å². The van der Waals surface area contributed by atoms with Gasteiger partial charge in [0.1, 0.15) is 12.3 Å². The Morgan fingerprint density at radius 1 is 1.09 bits per heavy atom. The maximum atomic E-state index is 13.2. The summed E-state index contributed by atoms with van der Waals surface area (Å²) < 4.78 is 14.7. The van der Waals surface area contributed by atoms with E-state index in [-0.39, 0.29) is 29.9 Å². The highest BCUT2D eigenvalue weighted by Crippen LogP contribution is 2.12. The van der Waals surface area contributed by atoms with Crippen molar-refractivity contribution in [3.05, 3.63) is 74.9 Å². The molecule has 0 aliphatic heterocycles. The zero-order chi connectivity index (χ0) is 24.9. The Bertz CT molecular complexity index is 1450. The number of hydrogen-bond acceptors (Lipinski definition) is 6. The Kier molecular flexibility index (Phi) is 7.31. The van der Waals surface area contributed by atoms with Gasteiger partial charge in [-0.1, -0.05) is 24.3 Å². The molecule has 4 aromatic rings. The number of para-hydroxylation sites is 1. The SMILES string of the molecule is COc1ccc(CNC(=O)Cn2nc3n(CCCOC(C)C)c(=O)c4ccccc4n3c2=O)cc1. The molecule has 10 nitrogen and oxygen atoms in total. The molecule has 0 fully saturated rings. The summed E-state index contributed by atoms with van der Waals surface area (Å²) in [6.45, 7) is 4.73. The number of ether oxygens (including phenoxy) is 2. The maximum absolute atomic E-state index is 13.2. The van der Waals surface area contributed by atoms with E-state index in [9.17, 15) is 14.4 Å². The largest absolute Gasteiger partial charge is 0.497 e. The maximum Gasteiger partial charge on any atom is 0.352 e. The number of nitrogens with one attached hydrogen (secondary N) is 1.